The summed E-state index contributed by atoms with van der Waals surface area (Å²) in [6, 6.07) is 9.33. The van der Waals surface area contributed by atoms with Gasteiger partial charge in [-0.05, 0) is 31.0 Å². The third-order valence-electron chi connectivity index (χ3n) is 6.18. The largest absolute Gasteiger partial charge is 0.391 e. The van der Waals surface area contributed by atoms with Crippen molar-refractivity contribution in [1.29, 1.82) is 0 Å². The lowest BCUT2D eigenvalue weighted by molar-refractivity contribution is -0.128. The number of nitrogens with two attached hydrogens (primary N) is 1. The Kier molecular flexibility index (Phi) is 5.23. The van der Waals surface area contributed by atoms with Gasteiger partial charge >= 0.3 is 0 Å². The number of hydrogen-bond donors (Lipinski definition) is 2. The molecule has 5 rings (SSSR count). The SMILES string of the molecule is CN1CCC(C#Cc2cccc(-n3nc(C(N)=O)c4cnc(N5CCC(O)C5)cc43)c2)C1=O. The average molecular weight is 444 g/mol. The molecule has 2 amide bonds. The highest BCUT2D eigenvalue weighted by molar-refractivity contribution is 6.04. The van der Waals surface area contributed by atoms with E-state index in [1.54, 1.807) is 22.8 Å². The second-order valence-corrected chi connectivity index (χ2v) is 8.49. The van der Waals surface area contributed by atoms with Gasteiger partial charge in [0.1, 0.15) is 11.7 Å². The number of likely N-dealkylation sites (tertiary alicyclic amines) is 1. The molecule has 0 aliphatic carbocycles. The molecule has 2 aromatic heterocycles. The summed E-state index contributed by atoms with van der Waals surface area (Å²) in [6.07, 6.45) is 2.64. The molecular formula is C24H24N6O3. The molecule has 168 valence electrons. The zero-order valence-corrected chi connectivity index (χ0v) is 18.2. The van der Waals surface area contributed by atoms with Crippen molar-refractivity contribution in [2.75, 3.05) is 31.6 Å². The van der Waals surface area contributed by atoms with Crippen molar-refractivity contribution >= 4 is 28.5 Å². The van der Waals surface area contributed by atoms with E-state index in [-0.39, 0.29) is 23.6 Å². The number of amides is 2. The molecule has 9 heteroatoms. The topological polar surface area (TPSA) is 118 Å². The molecule has 2 fully saturated rings. The third kappa shape index (κ3) is 3.90. The summed E-state index contributed by atoms with van der Waals surface area (Å²) in [7, 11) is 1.79. The summed E-state index contributed by atoms with van der Waals surface area (Å²) in [5, 5.41) is 14.9. The molecule has 9 nitrogen and oxygen atoms in total. The van der Waals surface area contributed by atoms with Crippen molar-refractivity contribution in [3.63, 3.8) is 0 Å². The van der Waals surface area contributed by atoms with Gasteiger partial charge in [-0.2, -0.15) is 5.10 Å². The number of carbonyl (C=O) groups is 2. The van der Waals surface area contributed by atoms with Crippen LogP contribution in [0.15, 0.2) is 36.5 Å². The first-order valence-electron chi connectivity index (χ1n) is 10.9. The number of benzene rings is 1. The van der Waals surface area contributed by atoms with Crippen LogP contribution in [0.1, 0.15) is 28.9 Å². The van der Waals surface area contributed by atoms with Gasteiger partial charge in [0.05, 0.1) is 22.7 Å². The van der Waals surface area contributed by atoms with E-state index in [1.165, 1.54) is 0 Å². The molecule has 33 heavy (non-hydrogen) atoms. The number of anilines is 1. The standard InChI is InChI=1S/C24H24N6O3/c1-28-9-7-16(24(28)33)6-5-15-3-2-4-17(11-15)30-20-12-21(29-10-8-18(31)14-29)26-13-19(20)22(27-30)23(25)32/h2-4,11-13,16,18,31H,7-10,14H2,1H3,(H2,25,32). The second-order valence-electron chi connectivity index (χ2n) is 8.49. The first-order valence-corrected chi connectivity index (χ1v) is 10.9. The number of pyridine rings is 1. The van der Waals surface area contributed by atoms with Gasteiger partial charge < -0.3 is 20.6 Å². The van der Waals surface area contributed by atoms with E-state index in [2.05, 4.69) is 21.9 Å². The number of aliphatic hydroxyl groups excluding tert-OH is 1. The molecule has 2 unspecified atom stereocenters. The lowest BCUT2D eigenvalue weighted by atomic mass is 10.1. The third-order valence-corrected chi connectivity index (χ3v) is 6.18. The van der Waals surface area contributed by atoms with Crippen molar-refractivity contribution in [1.82, 2.24) is 19.7 Å². The number of β-amino-alcohol motifs (C(OH)–C–C–N with tert-alkyl or cyclic N) is 1. The Hall–Kier alpha value is -3.90. The summed E-state index contributed by atoms with van der Waals surface area (Å²) in [4.78, 5) is 32.3. The van der Waals surface area contributed by atoms with Gasteiger partial charge in [-0.3, -0.25) is 9.59 Å². The molecule has 0 saturated carbocycles. The molecule has 2 atom stereocenters. The second kappa shape index (κ2) is 8.22. The Bertz CT molecular complexity index is 1320. The highest BCUT2D eigenvalue weighted by Gasteiger charge is 2.27. The van der Waals surface area contributed by atoms with Crippen LogP contribution in [-0.4, -0.2) is 69.4 Å². The Morgan fingerprint density at radius 3 is 2.79 bits per heavy atom. The van der Waals surface area contributed by atoms with Crippen molar-refractivity contribution in [2.45, 2.75) is 18.9 Å². The molecule has 0 spiro atoms. The number of aromatic nitrogens is 3. The Morgan fingerprint density at radius 2 is 2.09 bits per heavy atom. The predicted octanol–water partition coefficient (Wildman–Crippen LogP) is 0.920. The van der Waals surface area contributed by atoms with E-state index < -0.39 is 5.91 Å². The Balaban J connectivity index is 1.54. The van der Waals surface area contributed by atoms with Crippen LogP contribution in [0.3, 0.4) is 0 Å². The van der Waals surface area contributed by atoms with Gasteiger partial charge in [0.15, 0.2) is 5.69 Å². The minimum Gasteiger partial charge on any atom is -0.391 e. The van der Waals surface area contributed by atoms with E-state index in [9.17, 15) is 14.7 Å². The fourth-order valence-corrected chi connectivity index (χ4v) is 4.34. The van der Waals surface area contributed by atoms with Gasteiger partial charge in [-0.25, -0.2) is 9.67 Å². The van der Waals surface area contributed by atoms with Crippen LogP contribution in [-0.2, 0) is 4.79 Å². The summed E-state index contributed by atoms with van der Waals surface area (Å²) in [5.74, 6) is 6.03. The van der Waals surface area contributed by atoms with E-state index >= 15 is 0 Å². The molecule has 0 radical (unpaired) electrons. The molecule has 3 N–H and O–H groups in total. The van der Waals surface area contributed by atoms with Gasteiger partial charge in [0.25, 0.3) is 5.91 Å². The summed E-state index contributed by atoms with van der Waals surface area (Å²) < 4.78 is 1.66. The van der Waals surface area contributed by atoms with Gasteiger partial charge in [0.2, 0.25) is 5.91 Å². The number of fused-ring (bicyclic) bond motifs is 1. The number of nitrogens with zero attached hydrogens (tertiary/aromatic N) is 5. The highest BCUT2D eigenvalue weighted by Crippen LogP contribution is 2.27. The normalized spacial score (nSPS) is 20.4. The Morgan fingerprint density at radius 1 is 1.24 bits per heavy atom. The molecule has 1 aromatic carbocycles. The first-order chi connectivity index (χ1) is 15.9. The predicted molar refractivity (Wildman–Crippen MR) is 123 cm³/mol. The molecule has 0 bridgehead atoms. The van der Waals surface area contributed by atoms with Crippen LogP contribution in [0, 0.1) is 17.8 Å². The van der Waals surface area contributed by atoms with E-state index in [4.69, 9.17) is 5.73 Å². The number of rotatable bonds is 3. The average Bonchev–Trinajstić information content (AvgIpc) is 3.50. The van der Waals surface area contributed by atoms with Crippen molar-refractivity contribution in [3.05, 3.63) is 47.8 Å². The maximum atomic E-state index is 12.1. The smallest absolute Gasteiger partial charge is 0.269 e. The minimum atomic E-state index is -0.635. The van der Waals surface area contributed by atoms with E-state index in [0.29, 0.717) is 41.9 Å². The van der Waals surface area contributed by atoms with Crippen LogP contribution < -0.4 is 10.6 Å². The molecule has 2 aliphatic heterocycles. The summed E-state index contributed by atoms with van der Waals surface area (Å²) in [5.41, 5.74) is 7.87. The quantitative estimate of drug-likeness (QED) is 0.580. The van der Waals surface area contributed by atoms with Crippen molar-refractivity contribution in [2.24, 2.45) is 11.7 Å². The van der Waals surface area contributed by atoms with Crippen LogP contribution in [0.25, 0.3) is 16.6 Å². The lowest BCUT2D eigenvalue weighted by Gasteiger charge is -2.16. The highest BCUT2D eigenvalue weighted by atomic mass is 16.3. The maximum absolute atomic E-state index is 12.1. The van der Waals surface area contributed by atoms with Crippen molar-refractivity contribution < 1.29 is 14.7 Å². The number of hydrogen-bond acceptors (Lipinski definition) is 6. The van der Waals surface area contributed by atoms with Gasteiger partial charge in [0, 0.05) is 44.5 Å². The zero-order valence-electron chi connectivity index (χ0n) is 18.2. The summed E-state index contributed by atoms with van der Waals surface area (Å²) in [6.45, 7) is 1.93. The summed E-state index contributed by atoms with van der Waals surface area (Å²) >= 11 is 0. The van der Waals surface area contributed by atoms with Gasteiger partial charge in [-0.15, -0.1) is 0 Å². The molecular weight excluding hydrogens is 420 g/mol. The molecule has 4 heterocycles. The Labute approximate surface area is 190 Å². The van der Waals surface area contributed by atoms with Crippen LogP contribution >= 0.6 is 0 Å². The number of carbonyl (C=O) groups excluding carboxylic acids is 2. The van der Waals surface area contributed by atoms with Gasteiger partial charge in [-0.1, -0.05) is 17.9 Å². The minimum absolute atomic E-state index is 0.0508. The maximum Gasteiger partial charge on any atom is 0.269 e. The van der Waals surface area contributed by atoms with Crippen LogP contribution in [0.2, 0.25) is 0 Å². The fraction of sp³-hybridized carbons (Fsp3) is 0.333. The van der Waals surface area contributed by atoms with E-state index in [0.717, 1.165) is 18.5 Å². The number of aliphatic hydroxyl groups is 1. The molecule has 3 aromatic rings. The van der Waals surface area contributed by atoms with Crippen molar-refractivity contribution in [3.8, 4) is 17.5 Å². The molecule has 2 saturated heterocycles. The number of primary amides is 1. The first kappa shape index (κ1) is 21.0. The van der Waals surface area contributed by atoms with E-state index in [1.807, 2.05) is 35.2 Å². The van der Waals surface area contributed by atoms with Crippen LogP contribution in [0.4, 0.5) is 5.82 Å². The van der Waals surface area contributed by atoms with Crippen LogP contribution in [0.5, 0.6) is 0 Å². The fourth-order valence-electron chi connectivity index (χ4n) is 4.34. The zero-order chi connectivity index (χ0) is 23.1. The monoisotopic (exact) mass is 444 g/mol. The lowest BCUT2D eigenvalue weighted by Crippen LogP contribution is -2.22. The molecule has 2 aliphatic rings.